The average molecular weight is 764 g/mol. The van der Waals surface area contributed by atoms with Crippen LogP contribution in [0.2, 0.25) is 25.7 Å². The van der Waals surface area contributed by atoms with Crippen LogP contribution in [-0.4, -0.2) is 52.2 Å². The fourth-order valence-corrected chi connectivity index (χ4v) is 7.53. The third-order valence-electron chi connectivity index (χ3n) is 10.1. The molecule has 0 fully saturated rings. The minimum absolute atomic E-state index is 0.00809. The lowest BCUT2D eigenvalue weighted by atomic mass is 9.77. The number of rotatable bonds is 21. The van der Waals surface area contributed by atoms with E-state index in [1.165, 1.54) is 5.56 Å². The molecule has 2 amide bonds. The van der Waals surface area contributed by atoms with Crippen LogP contribution in [0.3, 0.4) is 0 Å². The lowest BCUT2D eigenvalue weighted by molar-refractivity contribution is -0.128. The molecule has 0 aromatic heterocycles. The molecule has 2 atom stereocenters. The average Bonchev–Trinajstić information content (AvgIpc) is 3.18. The highest BCUT2D eigenvalue weighted by atomic mass is 28.3. The highest BCUT2D eigenvalue weighted by molar-refractivity contribution is 6.76. The van der Waals surface area contributed by atoms with E-state index in [2.05, 4.69) is 103 Å². The molecule has 4 aromatic carbocycles. The van der Waals surface area contributed by atoms with Gasteiger partial charge < -0.3 is 20.1 Å². The number of hydrogen-bond acceptors (Lipinski definition) is 6. The Hall–Kier alpha value is -4.73. The molecule has 0 aliphatic carbocycles. The molecule has 4 aromatic rings. The number of Topliss-reactive ketones (excluding diaryl/α,β-unsaturated/α-hetero) is 1. The predicted octanol–water partition coefficient (Wildman–Crippen LogP) is 9.61. The summed E-state index contributed by atoms with van der Waals surface area (Å²) in [6.45, 7) is 13.5. The molecule has 8 nitrogen and oxygen atoms in total. The molecule has 0 radical (unpaired) electrons. The fraction of sp³-hybridized carbons (Fsp3) is 0.413. The summed E-state index contributed by atoms with van der Waals surface area (Å²) in [5, 5.41) is 9.80. The van der Waals surface area contributed by atoms with E-state index in [-0.39, 0.29) is 24.0 Å². The van der Waals surface area contributed by atoms with Crippen molar-refractivity contribution >= 4 is 31.5 Å². The maximum Gasteiger partial charge on any atom is 0.407 e. The topological polar surface area (TPSA) is 106 Å². The molecule has 0 aliphatic heterocycles. The number of anilines is 1. The maximum atomic E-state index is 13.9. The Labute approximate surface area is 329 Å². The summed E-state index contributed by atoms with van der Waals surface area (Å²) in [5.74, 6) is -0.351. The Morgan fingerprint density at radius 2 is 1.35 bits per heavy atom. The number of unbranched alkanes of at least 4 members (excludes halogenated alkanes) is 1. The maximum absolute atomic E-state index is 13.9. The van der Waals surface area contributed by atoms with Crippen LogP contribution in [0.15, 0.2) is 109 Å². The van der Waals surface area contributed by atoms with Crippen molar-refractivity contribution in [3.8, 4) is 5.75 Å². The van der Waals surface area contributed by atoms with Crippen molar-refractivity contribution < 1.29 is 23.9 Å². The Morgan fingerprint density at radius 1 is 0.764 bits per heavy atom. The van der Waals surface area contributed by atoms with Crippen LogP contribution in [0.1, 0.15) is 68.7 Å². The summed E-state index contributed by atoms with van der Waals surface area (Å²) in [5.41, 5.74) is 4.52. The van der Waals surface area contributed by atoms with Crippen LogP contribution < -0.4 is 20.7 Å². The lowest BCUT2D eigenvalue weighted by Crippen LogP contribution is -2.46. The lowest BCUT2D eigenvalue weighted by Gasteiger charge is -2.37. The van der Waals surface area contributed by atoms with Gasteiger partial charge in [-0.25, -0.2) is 4.79 Å². The van der Waals surface area contributed by atoms with E-state index in [9.17, 15) is 14.4 Å². The number of methoxy groups -OCH3 is 1. The van der Waals surface area contributed by atoms with Gasteiger partial charge in [0, 0.05) is 26.1 Å². The molecule has 0 unspecified atom stereocenters. The third-order valence-corrected chi connectivity index (χ3v) is 11.8. The first-order valence-corrected chi connectivity index (χ1v) is 23.4. The fourth-order valence-electron chi connectivity index (χ4n) is 6.82. The van der Waals surface area contributed by atoms with Gasteiger partial charge in [0.05, 0.1) is 25.3 Å². The van der Waals surface area contributed by atoms with Gasteiger partial charge in [-0.1, -0.05) is 132 Å². The van der Waals surface area contributed by atoms with Crippen LogP contribution in [0.5, 0.6) is 5.75 Å². The molecule has 0 saturated carbocycles. The van der Waals surface area contributed by atoms with Gasteiger partial charge in [-0.05, 0) is 84.3 Å². The normalized spacial score (nSPS) is 12.8. The number of benzene rings is 4. The summed E-state index contributed by atoms with van der Waals surface area (Å²) in [7, 11) is 0.278. The van der Waals surface area contributed by atoms with Gasteiger partial charge in [-0.15, -0.1) is 0 Å². The molecule has 55 heavy (non-hydrogen) atoms. The third kappa shape index (κ3) is 12.7. The minimum Gasteiger partial charge on any atom is -0.497 e. The molecule has 0 bridgehead atoms. The highest BCUT2D eigenvalue weighted by Gasteiger charge is 2.36. The SMILES string of the molecule is CCc1ccc(NC(=O)[C@H](CCCCNC(c2ccccc2)(c2ccccc2)c2ccc(OC)cc2)CC(=O)[C@@H](NC(=O)OCC[Si](C)(C)C)C(C)C)cc1. The quantitative estimate of drug-likeness (QED) is 0.0444. The first kappa shape index (κ1) is 43.0. The van der Waals surface area contributed by atoms with Gasteiger partial charge in [0.1, 0.15) is 5.75 Å². The summed E-state index contributed by atoms with van der Waals surface area (Å²) in [6, 6.07) is 36.9. The Balaban J connectivity index is 1.52. The Kier molecular flexibility index (Phi) is 16.3. The molecule has 0 saturated heterocycles. The number of carbonyl (C=O) groups excluding carboxylic acids is 3. The number of ketones is 1. The van der Waals surface area contributed by atoms with Gasteiger partial charge in [-0.3, -0.25) is 14.9 Å². The van der Waals surface area contributed by atoms with Crippen molar-refractivity contribution in [3.05, 3.63) is 131 Å². The van der Waals surface area contributed by atoms with Crippen molar-refractivity contribution in [2.24, 2.45) is 11.8 Å². The van der Waals surface area contributed by atoms with E-state index in [1.54, 1.807) is 7.11 Å². The summed E-state index contributed by atoms with van der Waals surface area (Å²) in [4.78, 5) is 40.5. The number of aryl methyl sites for hydroxylation is 1. The number of nitrogens with one attached hydrogen (secondary N) is 3. The largest absolute Gasteiger partial charge is 0.497 e. The van der Waals surface area contributed by atoms with E-state index in [0.717, 1.165) is 41.3 Å². The Morgan fingerprint density at radius 3 is 1.87 bits per heavy atom. The first-order valence-electron chi connectivity index (χ1n) is 19.7. The van der Waals surface area contributed by atoms with Crippen LogP contribution in [-0.2, 0) is 26.3 Å². The predicted molar refractivity (Wildman–Crippen MR) is 226 cm³/mol. The zero-order chi connectivity index (χ0) is 39.8. The molecule has 294 valence electrons. The number of amides is 2. The van der Waals surface area contributed by atoms with Gasteiger partial charge >= 0.3 is 6.09 Å². The van der Waals surface area contributed by atoms with Crippen molar-refractivity contribution in [1.82, 2.24) is 10.6 Å². The second-order valence-corrected chi connectivity index (χ2v) is 21.5. The van der Waals surface area contributed by atoms with Crippen LogP contribution in [0, 0.1) is 11.8 Å². The minimum atomic E-state index is -1.39. The monoisotopic (exact) mass is 763 g/mol. The number of carbonyl (C=O) groups is 3. The molecular formula is C46H61N3O5Si. The number of alkyl carbamates (subject to hydrolysis) is 1. The van der Waals surface area contributed by atoms with Gasteiger partial charge in [0.2, 0.25) is 5.91 Å². The van der Waals surface area contributed by atoms with Gasteiger partial charge in [0.15, 0.2) is 5.78 Å². The zero-order valence-corrected chi connectivity index (χ0v) is 34.8. The van der Waals surface area contributed by atoms with Crippen molar-refractivity contribution in [3.63, 3.8) is 0 Å². The summed E-state index contributed by atoms with van der Waals surface area (Å²) < 4.78 is 11.0. The molecule has 0 aliphatic rings. The van der Waals surface area contributed by atoms with E-state index in [1.807, 2.05) is 62.4 Å². The molecule has 4 rings (SSSR count). The standard InChI is InChI=1S/C46H61N3O5Si/c1-8-35-22-26-40(27-23-35)48-44(51)36(33-42(50)43(34(2)3)49-45(52)54-31-32-55(5,6)7)17-15-16-30-47-46(37-18-11-9-12-19-37,38-20-13-10-14-21-38)39-24-28-41(53-4)29-25-39/h9-14,18-29,34,36,43,47H,8,15-17,30-33H2,1-7H3,(H,48,51)(H,49,52)/t36-,43+/m1/s1. The molecule has 0 heterocycles. The van der Waals surface area contributed by atoms with Crippen molar-refractivity contribution in [1.29, 1.82) is 0 Å². The Bertz CT molecular complexity index is 1740. The van der Waals surface area contributed by atoms with Crippen LogP contribution in [0.25, 0.3) is 0 Å². The second-order valence-electron chi connectivity index (χ2n) is 15.9. The number of hydrogen-bond donors (Lipinski definition) is 3. The molecule has 0 spiro atoms. The molecule has 3 N–H and O–H groups in total. The van der Waals surface area contributed by atoms with E-state index < -0.39 is 31.7 Å². The summed E-state index contributed by atoms with van der Waals surface area (Å²) in [6.07, 6.45) is 2.28. The van der Waals surface area contributed by atoms with E-state index >= 15 is 0 Å². The highest BCUT2D eigenvalue weighted by Crippen LogP contribution is 2.37. The first-order chi connectivity index (χ1) is 26.4. The molecular weight excluding hydrogens is 703 g/mol. The van der Waals surface area contributed by atoms with Gasteiger partial charge in [-0.2, -0.15) is 0 Å². The number of ether oxygens (including phenoxy) is 2. The van der Waals surface area contributed by atoms with E-state index in [0.29, 0.717) is 31.7 Å². The van der Waals surface area contributed by atoms with Crippen LogP contribution in [0.4, 0.5) is 10.5 Å². The second kappa shape index (κ2) is 20.8. The smallest absolute Gasteiger partial charge is 0.407 e. The summed E-state index contributed by atoms with van der Waals surface area (Å²) >= 11 is 0. The van der Waals surface area contributed by atoms with Crippen LogP contribution >= 0.6 is 0 Å². The van der Waals surface area contributed by atoms with Gasteiger partial charge in [0.25, 0.3) is 0 Å². The van der Waals surface area contributed by atoms with E-state index in [4.69, 9.17) is 9.47 Å². The van der Waals surface area contributed by atoms with Crippen molar-refractivity contribution in [2.45, 2.75) is 90.1 Å². The van der Waals surface area contributed by atoms with Crippen molar-refractivity contribution in [2.75, 3.05) is 25.6 Å². The molecule has 9 heteroatoms. The zero-order valence-electron chi connectivity index (χ0n) is 33.8.